The number of amides is 1. The van der Waals surface area contributed by atoms with Crippen LogP contribution in [0.5, 0.6) is 5.75 Å². The van der Waals surface area contributed by atoms with Crippen molar-refractivity contribution in [1.82, 2.24) is 5.32 Å². The summed E-state index contributed by atoms with van der Waals surface area (Å²) in [6, 6.07) is 14.8. The predicted octanol–water partition coefficient (Wildman–Crippen LogP) is 2.23. The van der Waals surface area contributed by atoms with Gasteiger partial charge in [-0.05, 0) is 24.6 Å². The van der Waals surface area contributed by atoms with E-state index >= 15 is 0 Å². The number of rotatable bonds is 4. The molecule has 7 heteroatoms. The van der Waals surface area contributed by atoms with E-state index in [-0.39, 0.29) is 18.9 Å². The van der Waals surface area contributed by atoms with Crippen molar-refractivity contribution in [2.75, 3.05) is 17.1 Å². The molecule has 0 saturated heterocycles. The summed E-state index contributed by atoms with van der Waals surface area (Å²) in [4.78, 5) is 12.6. The number of carbonyl (C=O) groups is 1. The number of aryl methyl sites for hydroxylation is 1. The summed E-state index contributed by atoms with van der Waals surface area (Å²) >= 11 is 0. The summed E-state index contributed by atoms with van der Waals surface area (Å²) in [5, 5.41) is 2.87. The van der Waals surface area contributed by atoms with Crippen LogP contribution in [0.25, 0.3) is 0 Å². The molecule has 0 aliphatic carbocycles. The van der Waals surface area contributed by atoms with Gasteiger partial charge in [0.2, 0.25) is 10.0 Å². The smallest absolute Gasteiger partial charge is 0.261 e. The Balaban J connectivity index is 1.74. The molecule has 3 rings (SSSR count). The number of para-hydroxylation sites is 2. The van der Waals surface area contributed by atoms with Gasteiger partial charge in [0.1, 0.15) is 5.75 Å². The highest BCUT2D eigenvalue weighted by Gasteiger charge is 2.30. The number of nitrogens with one attached hydrogen (secondary N) is 1. The fourth-order valence-corrected chi connectivity index (χ4v) is 3.81. The third-order valence-electron chi connectivity index (χ3n) is 4.28. The lowest BCUT2D eigenvalue weighted by molar-refractivity contribution is -0.128. The number of benzene rings is 2. The van der Waals surface area contributed by atoms with Crippen LogP contribution in [0.3, 0.4) is 0 Å². The average Bonchev–Trinajstić information content (AvgIpc) is 2.80. The maximum absolute atomic E-state index is 12.6. The summed E-state index contributed by atoms with van der Waals surface area (Å²) in [7, 11) is -3.45. The quantitative estimate of drug-likeness (QED) is 0.890. The third-order valence-corrected chi connectivity index (χ3v) is 5.46. The van der Waals surface area contributed by atoms with Crippen LogP contribution in [0.2, 0.25) is 0 Å². The van der Waals surface area contributed by atoms with Crippen LogP contribution in [-0.4, -0.2) is 33.2 Å². The molecule has 0 radical (unpaired) electrons. The molecular weight excluding hydrogens is 352 g/mol. The Morgan fingerprint density at radius 2 is 1.88 bits per heavy atom. The fraction of sp³-hybridized carbons (Fsp3) is 0.316. The molecule has 1 aliphatic rings. The van der Waals surface area contributed by atoms with Crippen molar-refractivity contribution in [3.8, 4) is 5.75 Å². The van der Waals surface area contributed by atoms with Gasteiger partial charge in [-0.2, -0.15) is 0 Å². The fourth-order valence-electron chi connectivity index (χ4n) is 2.87. The predicted molar refractivity (Wildman–Crippen MR) is 101 cm³/mol. The second-order valence-electron chi connectivity index (χ2n) is 6.40. The normalized spacial score (nSPS) is 17.0. The van der Waals surface area contributed by atoms with Crippen molar-refractivity contribution >= 4 is 21.6 Å². The Morgan fingerprint density at radius 3 is 2.58 bits per heavy atom. The van der Waals surface area contributed by atoms with E-state index in [0.717, 1.165) is 17.4 Å². The van der Waals surface area contributed by atoms with Gasteiger partial charge in [-0.1, -0.05) is 42.0 Å². The molecule has 1 heterocycles. The lowest BCUT2D eigenvalue weighted by Gasteiger charge is -2.20. The van der Waals surface area contributed by atoms with Crippen molar-refractivity contribution < 1.29 is 17.9 Å². The summed E-state index contributed by atoms with van der Waals surface area (Å²) in [5.41, 5.74) is 2.62. The second-order valence-corrected chi connectivity index (χ2v) is 8.31. The minimum atomic E-state index is -3.45. The van der Waals surface area contributed by atoms with Crippen molar-refractivity contribution in [2.24, 2.45) is 0 Å². The van der Waals surface area contributed by atoms with Gasteiger partial charge in [0, 0.05) is 19.5 Å². The number of hydrogen-bond acceptors (Lipinski definition) is 4. The van der Waals surface area contributed by atoms with Crippen LogP contribution in [-0.2, 0) is 21.4 Å². The van der Waals surface area contributed by atoms with Gasteiger partial charge in [0.25, 0.3) is 5.91 Å². The molecule has 0 spiro atoms. The number of ether oxygens (including phenoxy) is 1. The minimum Gasteiger partial charge on any atom is -0.478 e. The highest BCUT2D eigenvalue weighted by Crippen LogP contribution is 2.33. The van der Waals surface area contributed by atoms with E-state index in [4.69, 9.17) is 4.74 Å². The largest absolute Gasteiger partial charge is 0.478 e. The first-order valence-corrected chi connectivity index (χ1v) is 10.3. The molecule has 2 aromatic rings. The van der Waals surface area contributed by atoms with Crippen molar-refractivity contribution in [1.29, 1.82) is 0 Å². The Hall–Kier alpha value is -2.54. The van der Waals surface area contributed by atoms with Gasteiger partial charge >= 0.3 is 0 Å². The molecule has 1 aliphatic heterocycles. The zero-order chi connectivity index (χ0) is 18.7. The zero-order valence-corrected chi connectivity index (χ0v) is 15.6. The molecule has 0 bridgehead atoms. The van der Waals surface area contributed by atoms with Gasteiger partial charge in [-0.3, -0.25) is 9.10 Å². The molecule has 6 nitrogen and oxygen atoms in total. The molecular formula is C19H22N2O4S. The van der Waals surface area contributed by atoms with E-state index in [2.05, 4.69) is 5.32 Å². The highest BCUT2D eigenvalue weighted by atomic mass is 32.2. The first-order valence-electron chi connectivity index (χ1n) is 8.41. The summed E-state index contributed by atoms with van der Waals surface area (Å²) in [5.74, 6) is 0.140. The molecule has 0 aromatic heterocycles. The number of carbonyl (C=O) groups excluding carboxylic acids is 1. The topological polar surface area (TPSA) is 75.7 Å². The van der Waals surface area contributed by atoms with Crippen LogP contribution in [0.1, 0.15) is 17.5 Å². The molecule has 2 aromatic carbocycles. The van der Waals surface area contributed by atoms with Crippen molar-refractivity contribution in [2.45, 2.75) is 26.0 Å². The maximum Gasteiger partial charge on any atom is 0.261 e. The van der Waals surface area contributed by atoms with Gasteiger partial charge in [-0.25, -0.2) is 8.42 Å². The lowest BCUT2D eigenvalue weighted by Crippen LogP contribution is -2.39. The van der Waals surface area contributed by atoms with Gasteiger partial charge in [-0.15, -0.1) is 0 Å². The number of hydrogen-bond donors (Lipinski definition) is 1. The van der Waals surface area contributed by atoms with Crippen LogP contribution in [0.4, 0.5) is 5.69 Å². The Kier molecular flexibility index (Phi) is 5.18. The van der Waals surface area contributed by atoms with Gasteiger partial charge in [0.05, 0.1) is 11.9 Å². The molecule has 1 atom stereocenters. The van der Waals surface area contributed by atoms with E-state index in [0.29, 0.717) is 18.0 Å². The van der Waals surface area contributed by atoms with Crippen LogP contribution in [0.15, 0.2) is 48.5 Å². The number of sulfonamides is 1. The van der Waals surface area contributed by atoms with Crippen molar-refractivity contribution in [3.63, 3.8) is 0 Å². The maximum atomic E-state index is 12.6. The Morgan fingerprint density at radius 1 is 1.19 bits per heavy atom. The van der Waals surface area contributed by atoms with E-state index < -0.39 is 16.1 Å². The number of nitrogens with zero attached hydrogens (tertiary/aromatic N) is 1. The zero-order valence-electron chi connectivity index (χ0n) is 14.8. The average molecular weight is 374 g/mol. The number of fused-ring (bicyclic) bond motifs is 1. The lowest BCUT2D eigenvalue weighted by atomic mass is 10.1. The van der Waals surface area contributed by atoms with E-state index in [9.17, 15) is 13.2 Å². The van der Waals surface area contributed by atoms with E-state index in [1.54, 1.807) is 24.3 Å². The Bertz CT molecular complexity index is 894. The second kappa shape index (κ2) is 7.37. The molecule has 1 unspecified atom stereocenters. The highest BCUT2D eigenvalue weighted by molar-refractivity contribution is 7.92. The van der Waals surface area contributed by atoms with E-state index in [1.807, 2.05) is 31.2 Å². The van der Waals surface area contributed by atoms with Gasteiger partial charge in [0.15, 0.2) is 6.10 Å². The molecule has 0 saturated carbocycles. The first kappa shape index (κ1) is 18.3. The number of anilines is 1. The van der Waals surface area contributed by atoms with Crippen LogP contribution in [0, 0.1) is 6.92 Å². The molecule has 1 amide bonds. The molecule has 26 heavy (non-hydrogen) atoms. The Labute approximate surface area is 153 Å². The summed E-state index contributed by atoms with van der Waals surface area (Å²) in [6.07, 6.45) is 0.691. The minimum absolute atomic E-state index is 0.193. The van der Waals surface area contributed by atoms with Crippen LogP contribution < -0.4 is 14.4 Å². The summed E-state index contributed by atoms with van der Waals surface area (Å²) < 4.78 is 31.3. The third kappa shape index (κ3) is 4.16. The van der Waals surface area contributed by atoms with E-state index in [1.165, 1.54) is 4.31 Å². The SMILES string of the molecule is Cc1ccc(CNC(=O)C2CCN(S(C)(=O)=O)c3ccccc3O2)cc1. The molecule has 0 fully saturated rings. The first-order chi connectivity index (χ1) is 12.3. The molecule has 138 valence electrons. The monoisotopic (exact) mass is 374 g/mol. The molecule has 1 N–H and O–H groups in total. The van der Waals surface area contributed by atoms with Gasteiger partial charge < -0.3 is 10.1 Å². The van der Waals surface area contributed by atoms with Crippen molar-refractivity contribution in [3.05, 3.63) is 59.7 Å². The standard InChI is InChI=1S/C19H22N2O4S/c1-14-7-9-15(10-8-14)13-20-19(22)18-11-12-21(26(2,23)24)16-5-3-4-6-17(16)25-18/h3-10,18H,11-13H2,1-2H3,(H,20,22). The van der Waals surface area contributed by atoms with Crippen LogP contribution >= 0.6 is 0 Å². The summed E-state index contributed by atoms with van der Waals surface area (Å²) in [6.45, 7) is 2.60.